The minimum Gasteiger partial charge on any atom is -0.373 e. The van der Waals surface area contributed by atoms with E-state index >= 15 is 0 Å². The van der Waals surface area contributed by atoms with E-state index in [0.29, 0.717) is 5.78 Å². The van der Waals surface area contributed by atoms with Crippen molar-refractivity contribution in [1.82, 2.24) is 0 Å². The Labute approximate surface area is 107 Å². The molecule has 4 aliphatic rings. The molecule has 0 bridgehead atoms. The molecule has 96 valence electrons. The normalized spacial score (nSPS) is 49.3. The third kappa shape index (κ3) is 0.880. The predicted octanol–water partition coefficient (Wildman–Crippen LogP) is 2.05. The van der Waals surface area contributed by atoms with E-state index < -0.39 is 11.0 Å². The first-order chi connectivity index (χ1) is 8.67. The molecule has 0 heterocycles. The van der Waals surface area contributed by atoms with Gasteiger partial charge in [0.05, 0.1) is 16.9 Å². The molecule has 3 saturated carbocycles. The maximum Gasteiger partial charge on any atom is 0.160 e. The van der Waals surface area contributed by atoms with Crippen LogP contribution in [0.4, 0.5) is 0 Å². The third-order valence-electron chi connectivity index (χ3n) is 5.95. The van der Waals surface area contributed by atoms with Crippen LogP contribution in [0.1, 0.15) is 38.5 Å². The van der Waals surface area contributed by atoms with Crippen LogP contribution in [0.5, 0.6) is 0 Å². The van der Waals surface area contributed by atoms with Gasteiger partial charge in [0.15, 0.2) is 5.78 Å². The molecule has 18 heavy (non-hydrogen) atoms. The molecular formula is C15H18O3. The van der Waals surface area contributed by atoms with Crippen LogP contribution in [-0.2, 0) is 14.3 Å². The van der Waals surface area contributed by atoms with E-state index in [1.807, 2.05) is 0 Å². The van der Waals surface area contributed by atoms with Crippen molar-refractivity contribution in [3.8, 4) is 0 Å². The van der Waals surface area contributed by atoms with Gasteiger partial charge in [0.1, 0.15) is 5.78 Å². The minimum absolute atomic E-state index is 0.0162. The van der Waals surface area contributed by atoms with E-state index in [9.17, 15) is 9.59 Å². The van der Waals surface area contributed by atoms with Crippen LogP contribution in [0.15, 0.2) is 11.6 Å². The summed E-state index contributed by atoms with van der Waals surface area (Å²) < 4.78 is 5.82. The molecule has 0 N–H and O–H groups in total. The monoisotopic (exact) mass is 246 g/mol. The number of allylic oxidation sites excluding steroid dienone is 1. The summed E-state index contributed by atoms with van der Waals surface area (Å²) >= 11 is 0. The van der Waals surface area contributed by atoms with Crippen LogP contribution < -0.4 is 0 Å². The highest BCUT2D eigenvalue weighted by atomic mass is 16.5. The number of carbonyl (C=O) groups is 2. The van der Waals surface area contributed by atoms with Gasteiger partial charge in [-0.3, -0.25) is 9.59 Å². The number of methoxy groups -OCH3 is 1. The molecule has 3 fully saturated rings. The van der Waals surface area contributed by atoms with E-state index in [0.717, 1.165) is 44.1 Å². The second kappa shape index (κ2) is 3.13. The molecule has 4 atom stereocenters. The van der Waals surface area contributed by atoms with Crippen molar-refractivity contribution in [2.45, 2.75) is 44.1 Å². The molecule has 0 aromatic rings. The van der Waals surface area contributed by atoms with Crippen molar-refractivity contribution in [1.29, 1.82) is 0 Å². The van der Waals surface area contributed by atoms with Crippen molar-refractivity contribution >= 4 is 11.6 Å². The number of hydrogen-bond donors (Lipinski definition) is 0. The largest absolute Gasteiger partial charge is 0.373 e. The Kier molecular flexibility index (Phi) is 1.90. The lowest BCUT2D eigenvalue weighted by Gasteiger charge is -2.31. The zero-order valence-corrected chi connectivity index (χ0v) is 10.7. The number of Topliss-reactive ketones (excluding diaryl/α,β-unsaturated/α-hetero) is 1. The minimum atomic E-state index is -0.446. The van der Waals surface area contributed by atoms with E-state index in [1.54, 1.807) is 13.2 Å². The van der Waals surface area contributed by atoms with Crippen molar-refractivity contribution < 1.29 is 14.3 Å². The summed E-state index contributed by atoms with van der Waals surface area (Å²) in [5, 5.41) is 0. The lowest BCUT2D eigenvalue weighted by atomic mass is 9.74. The number of rotatable bonds is 1. The fourth-order valence-electron chi connectivity index (χ4n) is 5.32. The van der Waals surface area contributed by atoms with Crippen LogP contribution in [0.3, 0.4) is 0 Å². The Morgan fingerprint density at radius 3 is 2.67 bits per heavy atom. The SMILES string of the molecule is CO[C@]12CCCC1C(=O)C13CCCC1C(=O)C=C32. The smallest absolute Gasteiger partial charge is 0.160 e. The molecule has 3 nitrogen and oxygen atoms in total. The molecule has 0 amide bonds. The predicted molar refractivity (Wildman–Crippen MR) is 65.0 cm³/mol. The van der Waals surface area contributed by atoms with Gasteiger partial charge in [0.25, 0.3) is 0 Å². The van der Waals surface area contributed by atoms with Gasteiger partial charge in [-0.25, -0.2) is 0 Å². The molecule has 1 spiro atoms. The van der Waals surface area contributed by atoms with E-state index in [-0.39, 0.29) is 17.6 Å². The van der Waals surface area contributed by atoms with Crippen molar-refractivity contribution in [2.75, 3.05) is 7.11 Å². The number of fused-ring (bicyclic) bond motifs is 2. The lowest BCUT2D eigenvalue weighted by Crippen LogP contribution is -2.34. The molecule has 4 rings (SSSR count). The Balaban J connectivity index is 1.96. The summed E-state index contributed by atoms with van der Waals surface area (Å²) in [7, 11) is 1.71. The maximum absolute atomic E-state index is 12.9. The quantitative estimate of drug-likeness (QED) is 0.711. The van der Waals surface area contributed by atoms with Gasteiger partial charge in [-0.05, 0) is 43.8 Å². The summed E-state index contributed by atoms with van der Waals surface area (Å²) in [6, 6.07) is 0. The average Bonchev–Trinajstić information content (AvgIpc) is 3.06. The summed E-state index contributed by atoms with van der Waals surface area (Å²) in [5.74, 6) is 0.458. The Bertz CT molecular complexity index is 492. The van der Waals surface area contributed by atoms with Crippen LogP contribution in [-0.4, -0.2) is 24.3 Å². The van der Waals surface area contributed by atoms with Gasteiger partial charge in [0, 0.05) is 13.0 Å². The first-order valence-corrected chi connectivity index (χ1v) is 7.03. The second-order valence-electron chi connectivity index (χ2n) is 6.28. The first-order valence-electron chi connectivity index (χ1n) is 7.03. The Hall–Kier alpha value is -0.960. The van der Waals surface area contributed by atoms with Gasteiger partial charge in [-0.2, -0.15) is 0 Å². The summed E-state index contributed by atoms with van der Waals surface area (Å²) in [6.07, 6.45) is 7.42. The molecular weight excluding hydrogens is 228 g/mol. The zero-order valence-electron chi connectivity index (χ0n) is 10.7. The van der Waals surface area contributed by atoms with E-state index in [1.165, 1.54) is 0 Å². The van der Waals surface area contributed by atoms with Crippen LogP contribution in [0, 0.1) is 17.3 Å². The second-order valence-corrected chi connectivity index (χ2v) is 6.28. The summed E-state index contributed by atoms with van der Waals surface area (Å²) in [5.41, 5.74) is 0.182. The van der Waals surface area contributed by atoms with E-state index in [4.69, 9.17) is 4.74 Å². The molecule has 0 aromatic carbocycles. The molecule has 4 aliphatic carbocycles. The highest BCUT2D eigenvalue weighted by molar-refractivity contribution is 6.09. The molecule has 3 heteroatoms. The fourth-order valence-corrected chi connectivity index (χ4v) is 5.32. The number of hydrogen-bond acceptors (Lipinski definition) is 3. The van der Waals surface area contributed by atoms with Gasteiger partial charge < -0.3 is 4.74 Å². The summed E-state index contributed by atoms with van der Waals surface area (Å²) in [4.78, 5) is 25.1. The molecule has 0 aromatic heterocycles. The highest BCUT2D eigenvalue weighted by Gasteiger charge is 2.72. The standard InChI is InChI=1S/C15H18O3/c1-18-15-7-3-5-10(15)13(17)14-6-2-4-9(14)11(16)8-12(14)15/h8-10H,2-7H2,1H3/t9?,10?,14?,15-/m1/s1. The lowest BCUT2D eigenvalue weighted by molar-refractivity contribution is -0.134. The van der Waals surface area contributed by atoms with Gasteiger partial charge >= 0.3 is 0 Å². The molecule has 0 aliphatic heterocycles. The average molecular weight is 246 g/mol. The number of carbonyl (C=O) groups excluding carboxylic acids is 2. The number of ketones is 2. The van der Waals surface area contributed by atoms with Gasteiger partial charge in [0.2, 0.25) is 0 Å². The van der Waals surface area contributed by atoms with Gasteiger partial charge in [-0.1, -0.05) is 6.42 Å². The first kappa shape index (κ1) is 10.9. The highest BCUT2D eigenvalue weighted by Crippen LogP contribution is 2.67. The molecule has 0 saturated heterocycles. The maximum atomic E-state index is 12.9. The third-order valence-corrected chi connectivity index (χ3v) is 5.95. The van der Waals surface area contributed by atoms with Gasteiger partial charge in [-0.15, -0.1) is 0 Å². The van der Waals surface area contributed by atoms with E-state index in [2.05, 4.69) is 0 Å². The zero-order chi connectivity index (χ0) is 12.5. The molecule has 0 radical (unpaired) electrons. The van der Waals surface area contributed by atoms with Crippen LogP contribution >= 0.6 is 0 Å². The van der Waals surface area contributed by atoms with Crippen molar-refractivity contribution in [3.63, 3.8) is 0 Å². The summed E-state index contributed by atoms with van der Waals surface area (Å²) in [6.45, 7) is 0. The van der Waals surface area contributed by atoms with Crippen molar-refractivity contribution in [2.24, 2.45) is 17.3 Å². The van der Waals surface area contributed by atoms with Crippen LogP contribution in [0.25, 0.3) is 0 Å². The van der Waals surface area contributed by atoms with Crippen LogP contribution in [0.2, 0.25) is 0 Å². The Morgan fingerprint density at radius 2 is 1.89 bits per heavy atom. The topological polar surface area (TPSA) is 43.4 Å². The Morgan fingerprint density at radius 1 is 1.17 bits per heavy atom. The van der Waals surface area contributed by atoms with Crippen molar-refractivity contribution in [3.05, 3.63) is 11.6 Å². The number of ether oxygens (including phenoxy) is 1. The fraction of sp³-hybridized carbons (Fsp3) is 0.733. The molecule has 3 unspecified atom stereocenters.